The Morgan fingerprint density at radius 2 is 2.06 bits per heavy atom. The van der Waals surface area contributed by atoms with Crippen LogP contribution in [0.5, 0.6) is 0 Å². The van der Waals surface area contributed by atoms with Crippen LogP contribution in [0.15, 0.2) is 6.07 Å². The van der Waals surface area contributed by atoms with E-state index in [0.717, 1.165) is 23.6 Å². The zero-order valence-corrected chi connectivity index (χ0v) is 10.7. The number of hydrogen-bond acceptors (Lipinski definition) is 3. The molecule has 1 N–H and O–H groups in total. The van der Waals surface area contributed by atoms with E-state index in [1.54, 1.807) is 0 Å². The average Bonchev–Trinajstić information content (AvgIpc) is 2.16. The molecule has 1 heterocycles. The summed E-state index contributed by atoms with van der Waals surface area (Å²) in [6.07, 6.45) is 0. The van der Waals surface area contributed by atoms with E-state index in [0.29, 0.717) is 5.56 Å². The fourth-order valence-corrected chi connectivity index (χ4v) is 1.63. The molecular formula is C13H19N3. The Kier molecular flexibility index (Phi) is 3.54. The highest BCUT2D eigenvalue weighted by molar-refractivity contribution is 5.50. The van der Waals surface area contributed by atoms with Gasteiger partial charge >= 0.3 is 0 Å². The lowest BCUT2D eigenvalue weighted by Crippen LogP contribution is -2.18. The molecule has 0 fully saturated rings. The van der Waals surface area contributed by atoms with Crippen molar-refractivity contribution in [1.29, 1.82) is 5.26 Å². The van der Waals surface area contributed by atoms with Crippen LogP contribution in [-0.2, 0) is 5.41 Å². The minimum absolute atomic E-state index is 0.110. The zero-order valence-electron chi connectivity index (χ0n) is 10.7. The van der Waals surface area contributed by atoms with Crippen LogP contribution < -0.4 is 5.32 Å². The van der Waals surface area contributed by atoms with E-state index in [1.807, 2.05) is 19.9 Å². The van der Waals surface area contributed by atoms with Crippen LogP contribution in [0.1, 0.15) is 44.5 Å². The summed E-state index contributed by atoms with van der Waals surface area (Å²) in [6, 6.07) is 4.18. The van der Waals surface area contributed by atoms with Crippen LogP contribution in [0.25, 0.3) is 0 Å². The fourth-order valence-electron chi connectivity index (χ4n) is 1.63. The zero-order chi connectivity index (χ0) is 12.3. The van der Waals surface area contributed by atoms with Gasteiger partial charge in [0.2, 0.25) is 0 Å². The van der Waals surface area contributed by atoms with Crippen molar-refractivity contribution in [2.45, 2.75) is 40.0 Å². The van der Waals surface area contributed by atoms with Gasteiger partial charge in [-0.2, -0.15) is 5.26 Å². The number of anilines is 1. The van der Waals surface area contributed by atoms with Crippen molar-refractivity contribution in [2.75, 3.05) is 11.9 Å². The van der Waals surface area contributed by atoms with Crippen LogP contribution >= 0.6 is 0 Å². The van der Waals surface area contributed by atoms with Crippen LogP contribution in [-0.4, -0.2) is 11.5 Å². The summed E-state index contributed by atoms with van der Waals surface area (Å²) in [5.41, 5.74) is 2.44. The predicted molar refractivity (Wildman–Crippen MR) is 66.6 cm³/mol. The van der Waals surface area contributed by atoms with Gasteiger partial charge in [0.25, 0.3) is 0 Å². The summed E-state index contributed by atoms with van der Waals surface area (Å²) in [7, 11) is 0. The van der Waals surface area contributed by atoms with Crippen molar-refractivity contribution < 1.29 is 0 Å². The van der Waals surface area contributed by atoms with Gasteiger partial charge in [-0.25, -0.2) is 4.98 Å². The van der Waals surface area contributed by atoms with Gasteiger partial charge in [0.05, 0.1) is 11.3 Å². The molecule has 0 aliphatic heterocycles. The van der Waals surface area contributed by atoms with Gasteiger partial charge in [-0.05, 0) is 25.5 Å². The Morgan fingerprint density at radius 1 is 1.44 bits per heavy atom. The van der Waals surface area contributed by atoms with Gasteiger partial charge in [0.15, 0.2) is 0 Å². The topological polar surface area (TPSA) is 48.7 Å². The van der Waals surface area contributed by atoms with Crippen molar-refractivity contribution in [3.05, 3.63) is 22.9 Å². The Bertz CT molecular complexity index is 422. The van der Waals surface area contributed by atoms with E-state index in [1.165, 1.54) is 0 Å². The van der Waals surface area contributed by atoms with Gasteiger partial charge in [0, 0.05) is 12.0 Å². The van der Waals surface area contributed by atoms with Crippen molar-refractivity contribution in [2.24, 2.45) is 0 Å². The molecule has 16 heavy (non-hydrogen) atoms. The molecule has 1 aromatic rings. The molecule has 86 valence electrons. The van der Waals surface area contributed by atoms with E-state index in [-0.39, 0.29) is 5.41 Å². The first kappa shape index (κ1) is 12.5. The minimum Gasteiger partial charge on any atom is -0.370 e. The molecule has 0 aliphatic rings. The van der Waals surface area contributed by atoms with Crippen LogP contribution in [0, 0.1) is 18.3 Å². The number of aryl methyl sites for hydroxylation is 1. The first-order chi connectivity index (χ1) is 7.40. The molecule has 3 heteroatoms. The molecular weight excluding hydrogens is 198 g/mol. The molecule has 0 atom stereocenters. The second-order valence-corrected chi connectivity index (χ2v) is 4.94. The van der Waals surface area contributed by atoms with Crippen molar-refractivity contribution >= 4 is 5.82 Å². The number of pyridine rings is 1. The molecule has 0 radical (unpaired) electrons. The number of rotatable bonds is 2. The van der Waals surface area contributed by atoms with Crippen molar-refractivity contribution in [1.82, 2.24) is 4.98 Å². The molecule has 0 bridgehead atoms. The van der Waals surface area contributed by atoms with Gasteiger partial charge in [-0.1, -0.05) is 20.8 Å². The number of nitrogens with zero attached hydrogens (tertiary/aromatic N) is 2. The number of nitrogens with one attached hydrogen (secondary N) is 1. The second-order valence-electron chi connectivity index (χ2n) is 4.94. The molecule has 0 aliphatic carbocycles. The van der Waals surface area contributed by atoms with Gasteiger partial charge < -0.3 is 5.32 Å². The third-order valence-electron chi connectivity index (χ3n) is 2.40. The molecule has 1 aromatic heterocycles. The molecule has 0 saturated carbocycles. The van der Waals surface area contributed by atoms with Crippen molar-refractivity contribution in [3.8, 4) is 6.07 Å². The number of nitriles is 1. The molecule has 0 spiro atoms. The van der Waals surface area contributed by atoms with E-state index < -0.39 is 0 Å². The highest BCUT2D eigenvalue weighted by Crippen LogP contribution is 2.27. The smallest absolute Gasteiger partial charge is 0.126 e. The largest absolute Gasteiger partial charge is 0.370 e. The maximum absolute atomic E-state index is 9.17. The summed E-state index contributed by atoms with van der Waals surface area (Å²) in [6.45, 7) is 11.0. The molecule has 1 rings (SSSR count). The molecule has 0 amide bonds. The quantitative estimate of drug-likeness (QED) is 0.828. The average molecular weight is 217 g/mol. The van der Waals surface area contributed by atoms with Gasteiger partial charge in [-0.3, -0.25) is 0 Å². The number of aromatic nitrogens is 1. The first-order valence-electron chi connectivity index (χ1n) is 5.56. The Morgan fingerprint density at radius 3 is 2.50 bits per heavy atom. The standard InChI is InChI=1S/C13H19N3/c1-6-15-11-7-9(2)10(8-14)12(16-11)13(3,4)5/h7H,6H2,1-5H3,(H,15,16). The summed E-state index contributed by atoms with van der Waals surface area (Å²) >= 11 is 0. The Labute approximate surface area is 97.5 Å². The summed E-state index contributed by atoms with van der Waals surface area (Å²) < 4.78 is 0. The van der Waals surface area contributed by atoms with E-state index in [9.17, 15) is 5.26 Å². The van der Waals surface area contributed by atoms with Crippen molar-refractivity contribution in [3.63, 3.8) is 0 Å². The van der Waals surface area contributed by atoms with Gasteiger partial charge in [0.1, 0.15) is 11.9 Å². The van der Waals surface area contributed by atoms with Crippen LogP contribution in [0.2, 0.25) is 0 Å². The third-order valence-corrected chi connectivity index (χ3v) is 2.40. The third kappa shape index (κ3) is 2.52. The summed E-state index contributed by atoms with van der Waals surface area (Å²) in [4.78, 5) is 4.53. The lowest BCUT2D eigenvalue weighted by molar-refractivity contribution is 0.567. The van der Waals surface area contributed by atoms with E-state index in [2.05, 4.69) is 37.1 Å². The Hall–Kier alpha value is -1.56. The Balaban J connectivity index is 3.39. The summed E-state index contributed by atoms with van der Waals surface area (Å²) in [5.74, 6) is 0.851. The summed E-state index contributed by atoms with van der Waals surface area (Å²) in [5, 5.41) is 12.4. The SMILES string of the molecule is CCNc1cc(C)c(C#N)c(C(C)(C)C)n1. The highest BCUT2D eigenvalue weighted by atomic mass is 15.0. The van der Waals surface area contributed by atoms with Crippen LogP contribution in [0.4, 0.5) is 5.82 Å². The fraction of sp³-hybridized carbons (Fsp3) is 0.538. The minimum atomic E-state index is -0.110. The molecule has 0 saturated heterocycles. The lowest BCUT2D eigenvalue weighted by atomic mass is 9.87. The maximum atomic E-state index is 9.17. The van der Waals surface area contributed by atoms with Gasteiger partial charge in [-0.15, -0.1) is 0 Å². The van der Waals surface area contributed by atoms with E-state index >= 15 is 0 Å². The lowest BCUT2D eigenvalue weighted by Gasteiger charge is -2.21. The number of hydrogen-bond donors (Lipinski definition) is 1. The highest BCUT2D eigenvalue weighted by Gasteiger charge is 2.22. The molecule has 3 nitrogen and oxygen atoms in total. The maximum Gasteiger partial charge on any atom is 0.126 e. The normalized spacial score (nSPS) is 11.0. The molecule has 0 unspecified atom stereocenters. The monoisotopic (exact) mass is 217 g/mol. The predicted octanol–water partition coefficient (Wildman–Crippen LogP) is 2.99. The molecule has 0 aromatic carbocycles. The van der Waals surface area contributed by atoms with E-state index in [4.69, 9.17) is 0 Å². The first-order valence-corrected chi connectivity index (χ1v) is 5.56. The van der Waals surface area contributed by atoms with Crippen LogP contribution in [0.3, 0.4) is 0 Å². The second kappa shape index (κ2) is 4.52.